The van der Waals surface area contributed by atoms with E-state index in [-0.39, 0.29) is 25.1 Å². The van der Waals surface area contributed by atoms with Gasteiger partial charge in [-0.15, -0.1) is 11.3 Å². The molecule has 0 radical (unpaired) electrons. The first-order valence-electron chi connectivity index (χ1n) is 6.72. The Morgan fingerprint density at radius 2 is 2.24 bits per heavy atom. The number of hydrogen-bond donors (Lipinski definition) is 1. The van der Waals surface area contributed by atoms with E-state index in [2.05, 4.69) is 4.98 Å². The second-order valence-electron chi connectivity index (χ2n) is 4.83. The van der Waals surface area contributed by atoms with E-state index < -0.39 is 12.1 Å². The second-order valence-corrected chi connectivity index (χ2v) is 6.03. The molecule has 0 spiro atoms. The molecule has 6 nitrogen and oxygen atoms in total. The van der Waals surface area contributed by atoms with Crippen molar-refractivity contribution >= 4 is 27.5 Å². The van der Waals surface area contributed by atoms with Crippen LogP contribution in [-0.2, 0) is 16.1 Å². The zero-order valence-electron chi connectivity index (χ0n) is 12.3. The maximum atomic E-state index is 12.4. The van der Waals surface area contributed by atoms with Crippen molar-refractivity contribution in [2.45, 2.75) is 39.8 Å². The van der Waals surface area contributed by atoms with Crippen molar-refractivity contribution in [1.82, 2.24) is 9.55 Å². The molecule has 0 amide bonds. The van der Waals surface area contributed by atoms with Crippen LogP contribution in [0.15, 0.2) is 11.1 Å². The largest absolute Gasteiger partial charge is 0.466 e. The summed E-state index contributed by atoms with van der Waals surface area (Å²) in [6.07, 6.45) is 0.301. The molecular formula is C14H18N2O4S. The lowest BCUT2D eigenvalue weighted by Crippen LogP contribution is -2.28. The molecule has 7 heteroatoms. The van der Waals surface area contributed by atoms with Gasteiger partial charge in [0.25, 0.3) is 5.56 Å². The van der Waals surface area contributed by atoms with Crippen molar-refractivity contribution in [1.29, 1.82) is 0 Å². The van der Waals surface area contributed by atoms with Crippen LogP contribution in [0.4, 0.5) is 0 Å². The number of carbonyl (C=O) groups excluding carboxylic acids is 1. The van der Waals surface area contributed by atoms with Crippen LogP contribution < -0.4 is 5.56 Å². The van der Waals surface area contributed by atoms with Crippen LogP contribution in [0, 0.1) is 13.8 Å². The third-order valence-electron chi connectivity index (χ3n) is 3.27. The lowest BCUT2D eigenvalue weighted by atomic mass is 10.2. The molecule has 21 heavy (non-hydrogen) atoms. The van der Waals surface area contributed by atoms with Crippen LogP contribution in [0.3, 0.4) is 0 Å². The van der Waals surface area contributed by atoms with E-state index in [4.69, 9.17) is 4.74 Å². The van der Waals surface area contributed by atoms with Gasteiger partial charge in [0.2, 0.25) is 0 Å². The summed E-state index contributed by atoms with van der Waals surface area (Å²) < 4.78 is 6.11. The van der Waals surface area contributed by atoms with Crippen molar-refractivity contribution < 1.29 is 14.6 Å². The Balaban J connectivity index is 2.23. The number of carbonyl (C=O) groups is 1. The Labute approximate surface area is 126 Å². The van der Waals surface area contributed by atoms with Gasteiger partial charge < -0.3 is 9.84 Å². The number of fused-ring (bicyclic) bond motifs is 1. The van der Waals surface area contributed by atoms with E-state index in [0.29, 0.717) is 10.2 Å². The number of hydrogen-bond acceptors (Lipinski definition) is 6. The number of thiophene rings is 1. The standard InChI is InChI=1S/C14H18N2O4S/c1-4-20-11(18)5-10(17)6-16-7-15-13-12(14(16)19)8(2)9(3)21-13/h7,10,17H,4-6H2,1-3H3. The average molecular weight is 310 g/mol. The summed E-state index contributed by atoms with van der Waals surface area (Å²) >= 11 is 1.48. The molecule has 0 saturated heterocycles. The number of aromatic nitrogens is 2. The van der Waals surface area contributed by atoms with E-state index in [1.54, 1.807) is 6.92 Å². The fourth-order valence-corrected chi connectivity index (χ4v) is 3.09. The highest BCUT2D eigenvalue weighted by molar-refractivity contribution is 7.18. The third kappa shape index (κ3) is 3.30. The van der Waals surface area contributed by atoms with Crippen molar-refractivity contribution in [3.05, 3.63) is 27.1 Å². The molecule has 0 bridgehead atoms. The Morgan fingerprint density at radius 1 is 1.52 bits per heavy atom. The van der Waals surface area contributed by atoms with Crippen LogP contribution in [0.5, 0.6) is 0 Å². The van der Waals surface area contributed by atoms with E-state index in [0.717, 1.165) is 10.4 Å². The number of esters is 1. The third-order valence-corrected chi connectivity index (χ3v) is 4.39. The summed E-state index contributed by atoms with van der Waals surface area (Å²) in [4.78, 5) is 29.7. The molecule has 1 N–H and O–H groups in total. The van der Waals surface area contributed by atoms with Crippen LogP contribution >= 0.6 is 11.3 Å². The molecule has 1 unspecified atom stereocenters. The van der Waals surface area contributed by atoms with E-state index in [9.17, 15) is 14.7 Å². The van der Waals surface area contributed by atoms with Gasteiger partial charge in [0, 0.05) is 4.88 Å². The fourth-order valence-electron chi connectivity index (χ4n) is 2.10. The van der Waals surface area contributed by atoms with Gasteiger partial charge in [0.05, 0.1) is 37.4 Å². The predicted octanol–water partition coefficient (Wildman–Crippen LogP) is 1.39. The molecule has 2 heterocycles. The van der Waals surface area contributed by atoms with Crippen LogP contribution in [0.25, 0.3) is 10.2 Å². The van der Waals surface area contributed by atoms with Gasteiger partial charge in [-0.1, -0.05) is 0 Å². The second kappa shape index (κ2) is 6.36. The minimum atomic E-state index is -0.971. The van der Waals surface area contributed by atoms with Crippen molar-refractivity contribution in [2.24, 2.45) is 0 Å². The van der Waals surface area contributed by atoms with Crippen LogP contribution in [0.2, 0.25) is 0 Å². The zero-order chi connectivity index (χ0) is 15.6. The molecule has 0 aliphatic heterocycles. The van der Waals surface area contributed by atoms with Gasteiger partial charge in [0.15, 0.2) is 0 Å². The van der Waals surface area contributed by atoms with E-state index in [1.165, 1.54) is 22.2 Å². The number of aliphatic hydroxyl groups excluding tert-OH is 1. The Morgan fingerprint density at radius 3 is 2.90 bits per heavy atom. The normalized spacial score (nSPS) is 12.6. The number of nitrogens with zero attached hydrogens (tertiary/aromatic N) is 2. The molecular weight excluding hydrogens is 292 g/mol. The summed E-state index contributed by atoms with van der Waals surface area (Å²) in [7, 11) is 0. The highest BCUT2D eigenvalue weighted by Gasteiger charge is 2.16. The lowest BCUT2D eigenvalue weighted by molar-refractivity contribution is -0.145. The number of aliphatic hydroxyl groups is 1. The first-order valence-corrected chi connectivity index (χ1v) is 7.54. The molecule has 0 aliphatic carbocycles. The first-order chi connectivity index (χ1) is 9.93. The highest BCUT2D eigenvalue weighted by atomic mass is 32.1. The van der Waals surface area contributed by atoms with Crippen molar-refractivity contribution in [3.8, 4) is 0 Å². The first kappa shape index (κ1) is 15.7. The Kier molecular flexibility index (Phi) is 4.74. The SMILES string of the molecule is CCOC(=O)CC(O)Cn1cnc2sc(C)c(C)c2c1=O. The summed E-state index contributed by atoms with van der Waals surface area (Å²) in [5.74, 6) is -0.477. The van der Waals surface area contributed by atoms with Crippen molar-refractivity contribution in [2.75, 3.05) is 6.61 Å². The monoisotopic (exact) mass is 310 g/mol. The molecule has 1 atom stereocenters. The summed E-state index contributed by atoms with van der Waals surface area (Å²) in [6, 6.07) is 0. The van der Waals surface area contributed by atoms with Gasteiger partial charge in [-0.3, -0.25) is 14.2 Å². The molecule has 0 fully saturated rings. The molecule has 2 rings (SSSR count). The van der Waals surface area contributed by atoms with Gasteiger partial charge >= 0.3 is 5.97 Å². The topological polar surface area (TPSA) is 81.4 Å². The van der Waals surface area contributed by atoms with Crippen LogP contribution in [-0.4, -0.2) is 33.3 Å². The van der Waals surface area contributed by atoms with Gasteiger partial charge in [-0.2, -0.15) is 0 Å². The minimum absolute atomic E-state index is 0.0227. The maximum absolute atomic E-state index is 12.4. The molecule has 114 valence electrons. The predicted molar refractivity (Wildman–Crippen MR) is 80.6 cm³/mol. The number of ether oxygens (including phenoxy) is 1. The zero-order valence-corrected chi connectivity index (χ0v) is 13.1. The number of aryl methyl sites for hydroxylation is 2. The van der Waals surface area contributed by atoms with Gasteiger partial charge in [0.1, 0.15) is 4.83 Å². The summed E-state index contributed by atoms with van der Waals surface area (Å²) in [6.45, 7) is 5.83. The Hall–Kier alpha value is -1.73. The number of rotatable bonds is 5. The average Bonchev–Trinajstić information content (AvgIpc) is 2.69. The van der Waals surface area contributed by atoms with E-state index in [1.807, 2.05) is 13.8 Å². The smallest absolute Gasteiger partial charge is 0.308 e. The highest BCUT2D eigenvalue weighted by Crippen LogP contribution is 2.25. The maximum Gasteiger partial charge on any atom is 0.308 e. The van der Waals surface area contributed by atoms with Crippen molar-refractivity contribution in [3.63, 3.8) is 0 Å². The van der Waals surface area contributed by atoms with Gasteiger partial charge in [-0.05, 0) is 26.3 Å². The van der Waals surface area contributed by atoms with E-state index >= 15 is 0 Å². The van der Waals surface area contributed by atoms with Gasteiger partial charge in [-0.25, -0.2) is 4.98 Å². The molecule has 0 aliphatic rings. The molecule has 2 aromatic rings. The summed E-state index contributed by atoms with van der Waals surface area (Å²) in [5, 5.41) is 10.5. The quantitative estimate of drug-likeness (QED) is 0.844. The lowest BCUT2D eigenvalue weighted by Gasteiger charge is -2.11. The fraction of sp³-hybridized carbons (Fsp3) is 0.500. The minimum Gasteiger partial charge on any atom is -0.466 e. The molecule has 0 aromatic carbocycles. The Bertz CT molecular complexity index is 720. The summed E-state index contributed by atoms with van der Waals surface area (Å²) in [5.41, 5.74) is 0.728. The molecule has 0 saturated carbocycles. The van der Waals surface area contributed by atoms with Crippen LogP contribution in [0.1, 0.15) is 23.8 Å². The molecule has 2 aromatic heterocycles.